The van der Waals surface area contributed by atoms with E-state index in [0.717, 1.165) is 11.3 Å². The smallest absolute Gasteiger partial charge is 0.124 e. The molecule has 0 N–H and O–H groups in total. The summed E-state index contributed by atoms with van der Waals surface area (Å²) in [7, 11) is 1.62. The second-order valence-corrected chi connectivity index (χ2v) is 2.87. The van der Waals surface area contributed by atoms with E-state index in [2.05, 4.69) is 12.6 Å². The molecule has 0 bridgehead atoms. The highest BCUT2D eigenvalue weighted by Crippen LogP contribution is 2.23. The van der Waals surface area contributed by atoms with Gasteiger partial charge in [0, 0.05) is 16.3 Å². The predicted octanol–water partition coefficient (Wildman–Crippen LogP) is 2.78. The van der Waals surface area contributed by atoms with Crippen molar-refractivity contribution in [1.29, 1.82) is 0 Å². The zero-order valence-electron chi connectivity index (χ0n) is 6.17. The van der Waals surface area contributed by atoms with Gasteiger partial charge in [0.1, 0.15) is 5.75 Å². The number of methoxy groups -OCH3 is 1. The lowest BCUT2D eigenvalue weighted by Gasteiger charge is -2.05. The molecule has 0 aliphatic rings. The van der Waals surface area contributed by atoms with Crippen molar-refractivity contribution in [2.45, 2.75) is 5.75 Å². The van der Waals surface area contributed by atoms with E-state index in [1.807, 2.05) is 12.1 Å². The average molecular weight is 189 g/mol. The molecule has 1 rings (SSSR count). The zero-order valence-corrected chi connectivity index (χ0v) is 7.82. The summed E-state index contributed by atoms with van der Waals surface area (Å²) in [5.74, 6) is 1.47. The van der Waals surface area contributed by atoms with Crippen LogP contribution < -0.4 is 4.74 Å². The van der Waals surface area contributed by atoms with Crippen LogP contribution in [-0.4, -0.2) is 7.11 Å². The largest absolute Gasteiger partial charge is 0.496 e. The highest BCUT2D eigenvalue weighted by atomic mass is 35.5. The molecule has 0 atom stereocenters. The van der Waals surface area contributed by atoms with E-state index in [1.165, 1.54) is 0 Å². The van der Waals surface area contributed by atoms with Crippen molar-refractivity contribution >= 4 is 24.2 Å². The lowest BCUT2D eigenvalue weighted by atomic mass is 10.2. The number of benzene rings is 1. The monoisotopic (exact) mass is 188 g/mol. The van der Waals surface area contributed by atoms with Gasteiger partial charge in [-0.3, -0.25) is 0 Å². The van der Waals surface area contributed by atoms with Crippen molar-refractivity contribution in [3.05, 3.63) is 28.8 Å². The first-order valence-corrected chi connectivity index (χ1v) is 4.22. The summed E-state index contributed by atoms with van der Waals surface area (Å²) in [6, 6.07) is 5.52. The van der Waals surface area contributed by atoms with Crippen LogP contribution >= 0.6 is 24.2 Å². The number of hydrogen-bond donors (Lipinski definition) is 1. The molecular weight excluding hydrogens is 180 g/mol. The van der Waals surface area contributed by atoms with Gasteiger partial charge in [-0.2, -0.15) is 12.6 Å². The van der Waals surface area contributed by atoms with Crippen molar-refractivity contribution in [2.75, 3.05) is 7.11 Å². The van der Waals surface area contributed by atoms with Gasteiger partial charge in [-0.05, 0) is 12.1 Å². The molecule has 1 aromatic rings. The Kier molecular flexibility index (Phi) is 3.09. The molecule has 1 aromatic carbocycles. The van der Waals surface area contributed by atoms with Gasteiger partial charge < -0.3 is 4.74 Å². The van der Waals surface area contributed by atoms with Crippen LogP contribution in [0.1, 0.15) is 5.56 Å². The van der Waals surface area contributed by atoms with E-state index < -0.39 is 0 Å². The predicted molar refractivity (Wildman–Crippen MR) is 50.7 cm³/mol. The third-order valence-corrected chi connectivity index (χ3v) is 2.00. The molecule has 0 spiro atoms. The fourth-order valence-electron chi connectivity index (χ4n) is 0.849. The Morgan fingerprint density at radius 1 is 1.55 bits per heavy atom. The maximum absolute atomic E-state index is 5.75. The summed E-state index contributed by atoms with van der Waals surface area (Å²) >= 11 is 9.89. The summed E-state index contributed by atoms with van der Waals surface area (Å²) < 4.78 is 5.08. The zero-order chi connectivity index (χ0) is 8.27. The molecule has 11 heavy (non-hydrogen) atoms. The van der Waals surface area contributed by atoms with E-state index in [1.54, 1.807) is 13.2 Å². The molecule has 0 aliphatic carbocycles. The van der Waals surface area contributed by atoms with Crippen molar-refractivity contribution in [2.24, 2.45) is 0 Å². The number of rotatable bonds is 2. The number of thiol groups is 1. The van der Waals surface area contributed by atoms with Gasteiger partial charge in [0.15, 0.2) is 0 Å². The second kappa shape index (κ2) is 3.88. The second-order valence-electron chi connectivity index (χ2n) is 2.11. The summed E-state index contributed by atoms with van der Waals surface area (Å²) in [6.45, 7) is 0. The highest BCUT2D eigenvalue weighted by molar-refractivity contribution is 7.79. The molecule has 1 nitrogen and oxygen atoms in total. The van der Waals surface area contributed by atoms with Crippen molar-refractivity contribution in [3.63, 3.8) is 0 Å². The fourth-order valence-corrected chi connectivity index (χ4v) is 1.27. The van der Waals surface area contributed by atoms with E-state index in [9.17, 15) is 0 Å². The van der Waals surface area contributed by atoms with E-state index in [4.69, 9.17) is 16.3 Å². The maximum atomic E-state index is 5.75. The van der Waals surface area contributed by atoms with Crippen molar-refractivity contribution < 1.29 is 4.74 Å². The lowest BCUT2D eigenvalue weighted by Crippen LogP contribution is -1.88. The van der Waals surface area contributed by atoms with Crippen LogP contribution in [0.25, 0.3) is 0 Å². The van der Waals surface area contributed by atoms with Crippen molar-refractivity contribution in [1.82, 2.24) is 0 Å². The Labute approximate surface area is 76.7 Å². The topological polar surface area (TPSA) is 9.23 Å². The molecule has 0 aliphatic heterocycles. The summed E-state index contributed by atoms with van der Waals surface area (Å²) in [5.41, 5.74) is 1.06. The first kappa shape index (κ1) is 8.75. The molecule has 0 amide bonds. The lowest BCUT2D eigenvalue weighted by molar-refractivity contribution is 0.411. The third-order valence-electron chi connectivity index (χ3n) is 1.42. The van der Waals surface area contributed by atoms with Crippen LogP contribution in [0.2, 0.25) is 5.02 Å². The summed E-state index contributed by atoms with van der Waals surface area (Å²) in [6.07, 6.45) is 0. The Hall–Kier alpha value is -0.340. The summed E-state index contributed by atoms with van der Waals surface area (Å²) in [5, 5.41) is 0.687. The minimum absolute atomic E-state index is 0.667. The van der Waals surface area contributed by atoms with Gasteiger partial charge in [-0.15, -0.1) is 0 Å². The Bertz CT molecular complexity index is 250. The average Bonchev–Trinajstić information content (AvgIpc) is 2.04. The van der Waals surface area contributed by atoms with Crippen LogP contribution in [0.15, 0.2) is 18.2 Å². The van der Waals surface area contributed by atoms with Gasteiger partial charge in [0.05, 0.1) is 7.11 Å². The Morgan fingerprint density at radius 3 is 2.82 bits per heavy atom. The number of ether oxygens (including phenoxy) is 1. The first-order chi connectivity index (χ1) is 5.27. The standard InChI is InChI=1S/C8H9ClOS/c1-10-8-4-7(9)3-2-6(8)5-11/h2-4,11H,5H2,1H3. The van der Waals surface area contributed by atoms with Crippen LogP contribution in [0.4, 0.5) is 0 Å². The third kappa shape index (κ3) is 2.04. The molecule has 0 saturated carbocycles. The molecule has 0 fully saturated rings. The van der Waals surface area contributed by atoms with Crippen LogP contribution in [-0.2, 0) is 5.75 Å². The fraction of sp³-hybridized carbons (Fsp3) is 0.250. The molecule has 3 heteroatoms. The van der Waals surface area contributed by atoms with Crippen LogP contribution in [0, 0.1) is 0 Å². The normalized spacial score (nSPS) is 9.73. The molecule has 60 valence electrons. The quantitative estimate of drug-likeness (QED) is 0.703. The SMILES string of the molecule is COc1cc(Cl)ccc1CS. The molecule has 0 aromatic heterocycles. The van der Waals surface area contributed by atoms with Gasteiger partial charge in [0.2, 0.25) is 0 Å². The maximum Gasteiger partial charge on any atom is 0.124 e. The van der Waals surface area contributed by atoms with Gasteiger partial charge in [-0.25, -0.2) is 0 Å². The molecule has 0 unspecified atom stereocenters. The van der Waals surface area contributed by atoms with E-state index >= 15 is 0 Å². The number of hydrogen-bond acceptors (Lipinski definition) is 2. The van der Waals surface area contributed by atoms with Crippen molar-refractivity contribution in [3.8, 4) is 5.75 Å². The van der Waals surface area contributed by atoms with E-state index in [0.29, 0.717) is 10.8 Å². The Morgan fingerprint density at radius 2 is 2.27 bits per heavy atom. The highest BCUT2D eigenvalue weighted by Gasteiger charge is 2.00. The first-order valence-electron chi connectivity index (χ1n) is 3.21. The van der Waals surface area contributed by atoms with Crippen LogP contribution in [0.5, 0.6) is 5.75 Å². The minimum atomic E-state index is 0.667. The Balaban J connectivity index is 3.06. The molecular formula is C8H9ClOS. The molecule has 0 radical (unpaired) electrons. The van der Waals surface area contributed by atoms with Gasteiger partial charge in [0.25, 0.3) is 0 Å². The van der Waals surface area contributed by atoms with Crippen LogP contribution in [0.3, 0.4) is 0 Å². The number of halogens is 1. The molecule has 0 saturated heterocycles. The minimum Gasteiger partial charge on any atom is -0.496 e. The van der Waals surface area contributed by atoms with Gasteiger partial charge in [-0.1, -0.05) is 17.7 Å². The van der Waals surface area contributed by atoms with E-state index in [-0.39, 0.29) is 0 Å². The summed E-state index contributed by atoms with van der Waals surface area (Å²) in [4.78, 5) is 0. The van der Waals surface area contributed by atoms with Gasteiger partial charge >= 0.3 is 0 Å². The molecule has 0 heterocycles.